The third-order valence-corrected chi connectivity index (χ3v) is 2.31. The Labute approximate surface area is 96.6 Å². The predicted molar refractivity (Wildman–Crippen MR) is 57.3 cm³/mol. The van der Waals surface area contributed by atoms with Crippen LogP contribution in [0, 0.1) is 0 Å². The van der Waals surface area contributed by atoms with E-state index in [4.69, 9.17) is 17.3 Å². The van der Waals surface area contributed by atoms with Crippen LogP contribution < -0.4 is 11.1 Å². The molecule has 0 aliphatic rings. The maximum atomic E-state index is 12.0. The number of benzene rings is 1. The summed E-state index contributed by atoms with van der Waals surface area (Å²) >= 11 is 5.68. The molecular weight excluding hydrogens is 241 g/mol. The molecule has 3 N–H and O–H groups in total. The van der Waals surface area contributed by atoms with E-state index in [1.807, 2.05) is 0 Å². The van der Waals surface area contributed by atoms with Gasteiger partial charge in [-0.2, -0.15) is 13.2 Å². The molecule has 1 aromatic carbocycles. The summed E-state index contributed by atoms with van der Waals surface area (Å²) in [4.78, 5) is 0. The number of nitrogens with one attached hydrogen (secondary N) is 1. The number of hydrogen-bond donors (Lipinski definition) is 2. The van der Waals surface area contributed by atoms with Crippen molar-refractivity contribution in [1.29, 1.82) is 0 Å². The zero-order chi connectivity index (χ0) is 12.2. The van der Waals surface area contributed by atoms with E-state index in [1.165, 1.54) is 0 Å². The summed E-state index contributed by atoms with van der Waals surface area (Å²) in [6.45, 7) is -0.963. The lowest BCUT2D eigenvalue weighted by molar-refractivity contribution is -0.126. The van der Waals surface area contributed by atoms with Crippen molar-refractivity contribution in [3.05, 3.63) is 34.9 Å². The minimum atomic E-state index is -4.24. The largest absolute Gasteiger partial charge is 0.401 e. The smallest absolute Gasteiger partial charge is 0.329 e. The monoisotopic (exact) mass is 252 g/mol. The summed E-state index contributed by atoms with van der Waals surface area (Å²) < 4.78 is 36.0. The predicted octanol–water partition coefficient (Wildman–Crippen LogP) is 2.49. The van der Waals surface area contributed by atoms with E-state index in [9.17, 15) is 13.2 Å². The Bertz CT molecular complexity index is 324. The first-order chi connectivity index (χ1) is 7.42. The van der Waals surface area contributed by atoms with E-state index in [-0.39, 0.29) is 6.54 Å². The molecule has 1 aromatic rings. The molecule has 0 aliphatic carbocycles. The second-order valence-electron chi connectivity index (χ2n) is 3.34. The molecule has 16 heavy (non-hydrogen) atoms. The third-order valence-electron chi connectivity index (χ3n) is 2.06. The molecule has 1 atom stereocenters. The molecule has 90 valence electrons. The summed E-state index contributed by atoms with van der Waals surface area (Å²) in [6.07, 6.45) is -4.24. The quantitative estimate of drug-likeness (QED) is 0.864. The second kappa shape index (κ2) is 5.52. The molecule has 0 spiro atoms. The standard InChI is InChI=1S/C10H12ClF3N2/c11-8-3-1-7(2-4-8)9(5-15)16-6-10(12,13)14/h1-4,9,16H,5-6,15H2. The highest BCUT2D eigenvalue weighted by Crippen LogP contribution is 2.18. The van der Waals surface area contributed by atoms with Gasteiger partial charge in [0, 0.05) is 17.6 Å². The minimum Gasteiger partial charge on any atom is -0.329 e. The lowest BCUT2D eigenvalue weighted by atomic mass is 10.1. The van der Waals surface area contributed by atoms with Crippen molar-refractivity contribution in [3.63, 3.8) is 0 Å². The second-order valence-corrected chi connectivity index (χ2v) is 3.77. The van der Waals surface area contributed by atoms with Crippen molar-refractivity contribution >= 4 is 11.6 Å². The van der Waals surface area contributed by atoms with Crippen LogP contribution in [0.2, 0.25) is 5.02 Å². The molecule has 1 rings (SSSR count). The van der Waals surface area contributed by atoms with Gasteiger partial charge in [-0.1, -0.05) is 23.7 Å². The van der Waals surface area contributed by atoms with Crippen LogP contribution in [0.4, 0.5) is 13.2 Å². The van der Waals surface area contributed by atoms with Crippen LogP contribution in [0.25, 0.3) is 0 Å². The number of nitrogens with two attached hydrogens (primary N) is 1. The van der Waals surface area contributed by atoms with E-state index in [2.05, 4.69) is 5.32 Å². The van der Waals surface area contributed by atoms with Crippen molar-refractivity contribution in [2.24, 2.45) is 5.73 Å². The Kier molecular flexibility index (Phi) is 4.58. The van der Waals surface area contributed by atoms with Gasteiger partial charge in [0.05, 0.1) is 6.54 Å². The van der Waals surface area contributed by atoms with Crippen molar-refractivity contribution < 1.29 is 13.2 Å². The van der Waals surface area contributed by atoms with Gasteiger partial charge in [-0.25, -0.2) is 0 Å². The first-order valence-corrected chi connectivity index (χ1v) is 5.06. The van der Waals surface area contributed by atoms with Crippen molar-refractivity contribution in [3.8, 4) is 0 Å². The third kappa shape index (κ3) is 4.38. The summed E-state index contributed by atoms with van der Waals surface area (Å²) in [7, 11) is 0. The van der Waals surface area contributed by atoms with Gasteiger partial charge in [0.25, 0.3) is 0 Å². The van der Waals surface area contributed by atoms with Gasteiger partial charge in [-0.3, -0.25) is 0 Å². The van der Waals surface area contributed by atoms with Crippen LogP contribution >= 0.6 is 11.6 Å². The summed E-state index contributed by atoms with van der Waals surface area (Å²) in [5.74, 6) is 0. The van der Waals surface area contributed by atoms with E-state index < -0.39 is 18.8 Å². The highest BCUT2D eigenvalue weighted by atomic mass is 35.5. The Morgan fingerprint density at radius 3 is 2.25 bits per heavy atom. The Morgan fingerprint density at radius 1 is 1.25 bits per heavy atom. The lowest BCUT2D eigenvalue weighted by Crippen LogP contribution is -2.35. The number of alkyl halides is 3. The molecule has 0 bridgehead atoms. The zero-order valence-corrected chi connectivity index (χ0v) is 9.15. The van der Waals surface area contributed by atoms with Crippen LogP contribution in [0.15, 0.2) is 24.3 Å². The Morgan fingerprint density at radius 2 is 1.81 bits per heavy atom. The SMILES string of the molecule is NCC(NCC(F)(F)F)c1ccc(Cl)cc1. The van der Waals surface area contributed by atoms with Gasteiger partial charge < -0.3 is 11.1 Å². The average molecular weight is 253 g/mol. The number of rotatable bonds is 4. The van der Waals surface area contributed by atoms with E-state index in [1.54, 1.807) is 24.3 Å². The van der Waals surface area contributed by atoms with Gasteiger partial charge in [-0.05, 0) is 17.7 Å². The summed E-state index contributed by atoms with van der Waals surface area (Å²) in [6, 6.07) is 6.04. The molecule has 0 saturated carbocycles. The van der Waals surface area contributed by atoms with Gasteiger partial charge in [0.1, 0.15) is 0 Å². The molecule has 0 heterocycles. The van der Waals surface area contributed by atoms with Crippen molar-refractivity contribution in [1.82, 2.24) is 5.32 Å². The van der Waals surface area contributed by atoms with Gasteiger partial charge in [0.15, 0.2) is 0 Å². The van der Waals surface area contributed by atoms with Crippen molar-refractivity contribution in [2.45, 2.75) is 12.2 Å². The number of hydrogen-bond acceptors (Lipinski definition) is 2. The first kappa shape index (κ1) is 13.3. The van der Waals surface area contributed by atoms with E-state index in [0.717, 1.165) is 0 Å². The molecule has 0 aliphatic heterocycles. The molecule has 0 radical (unpaired) electrons. The molecule has 6 heteroatoms. The van der Waals surface area contributed by atoms with E-state index in [0.29, 0.717) is 10.6 Å². The molecule has 2 nitrogen and oxygen atoms in total. The molecule has 0 amide bonds. The topological polar surface area (TPSA) is 38.0 Å². The Balaban J connectivity index is 2.64. The summed E-state index contributed by atoms with van der Waals surface area (Å²) in [5, 5.41) is 2.89. The highest BCUT2D eigenvalue weighted by molar-refractivity contribution is 6.30. The number of halogens is 4. The van der Waals surface area contributed by atoms with Crippen LogP contribution in [0.5, 0.6) is 0 Å². The normalized spacial score (nSPS) is 13.8. The fraction of sp³-hybridized carbons (Fsp3) is 0.400. The molecule has 1 unspecified atom stereocenters. The van der Waals surface area contributed by atoms with Gasteiger partial charge >= 0.3 is 6.18 Å². The van der Waals surface area contributed by atoms with Gasteiger partial charge in [-0.15, -0.1) is 0 Å². The summed E-state index contributed by atoms with van der Waals surface area (Å²) in [5.41, 5.74) is 6.10. The molecular formula is C10H12ClF3N2. The molecule has 0 aromatic heterocycles. The van der Waals surface area contributed by atoms with Gasteiger partial charge in [0.2, 0.25) is 0 Å². The maximum Gasteiger partial charge on any atom is 0.401 e. The van der Waals surface area contributed by atoms with Crippen LogP contribution in [0.1, 0.15) is 11.6 Å². The average Bonchev–Trinajstić information content (AvgIpc) is 2.20. The van der Waals surface area contributed by atoms with Crippen LogP contribution in [0.3, 0.4) is 0 Å². The Hall–Kier alpha value is -0.780. The lowest BCUT2D eigenvalue weighted by Gasteiger charge is -2.18. The van der Waals surface area contributed by atoms with Crippen LogP contribution in [-0.4, -0.2) is 19.3 Å². The zero-order valence-electron chi connectivity index (χ0n) is 8.39. The molecule has 0 saturated heterocycles. The van der Waals surface area contributed by atoms with Crippen LogP contribution in [-0.2, 0) is 0 Å². The van der Waals surface area contributed by atoms with E-state index >= 15 is 0 Å². The minimum absolute atomic E-state index is 0.0950. The molecule has 0 fully saturated rings. The fourth-order valence-corrected chi connectivity index (χ4v) is 1.40. The fourth-order valence-electron chi connectivity index (χ4n) is 1.27. The first-order valence-electron chi connectivity index (χ1n) is 4.68. The highest BCUT2D eigenvalue weighted by Gasteiger charge is 2.28. The van der Waals surface area contributed by atoms with Crippen molar-refractivity contribution in [2.75, 3.05) is 13.1 Å². The maximum absolute atomic E-state index is 12.0.